The summed E-state index contributed by atoms with van der Waals surface area (Å²) in [4.78, 5) is 16.7. The second-order valence-electron chi connectivity index (χ2n) is 5.32. The van der Waals surface area contributed by atoms with Gasteiger partial charge in [0.15, 0.2) is 0 Å². The Labute approximate surface area is 138 Å². The number of nitrogen functional groups attached to an aromatic ring is 1. The predicted molar refractivity (Wildman–Crippen MR) is 95.5 cm³/mol. The molecule has 1 spiro atoms. The van der Waals surface area contributed by atoms with Gasteiger partial charge in [-0.2, -0.15) is 0 Å². The van der Waals surface area contributed by atoms with Gasteiger partial charge in [0.25, 0.3) is 0 Å². The fourth-order valence-corrected chi connectivity index (χ4v) is 3.29. The SMILES string of the molecule is CC.CC.Nc1ccc2c(c1)CC1(C2)C(=O)Nc2ncccc21. The molecule has 4 nitrogen and oxygen atoms in total. The van der Waals surface area contributed by atoms with E-state index in [0.29, 0.717) is 12.2 Å². The van der Waals surface area contributed by atoms with Crippen molar-refractivity contribution >= 4 is 17.4 Å². The molecule has 4 heteroatoms. The van der Waals surface area contributed by atoms with Crippen molar-refractivity contribution in [2.24, 2.45) is 0 Å². The highest BCUT2D eigenvalue weighted by atomic mass is 16.2. The maximum absolute atomic E-state index is 12.4. The lowest BCUT2D eigenvalue weighted by molar-refractivity contribution is -0.120. The second-order valence-corrected chi connectivity index (χ2v) is 5.32. The molecule has 2 aliphatic rings. The van der Waals surface area contributed by atoms with Gasteiger partial charge in [0.05, 0.1) is 5.41 Å². The summed E-state index contributed by atoms with van der Waals surface area (Å²) in [6.45, 7) is 8.00. The van der Waals surface area contributed by atoms with Gasteiger partial charge in [0.2, 0.25) is 5.91 Å². The Hall–Kier alpha value is -2.36. The molecular weight excluding hydrogens is 286 g/mol. The van der Waals surface area contributed by atoms with Crippen molar-refractivity contribution in [3.8, 4) is 0 Å². The quantitative estimate of drug-likeness (QED) is 0.729. The van der Waals surface area contributed by atoms with E-state index in [1.165, 1.54) is 11.1 Å². The van der Waals surface area contributed by atoms with Crippen LogP contribution in [0.4, 0.5) is 11.5 Å². The molecule has 0 saturated heterocycles. The molecule has 1 amide bonds. The Morgan fingerprint density at radius 2 is 1.78 bits per heavy atom. The van der Waals surface area contributed by atoms with E-state index in [9.17, 15) is 4.79 Å². The molecule has 1 aromatic heterocycles. The molecule has 1 aliphatic carbocycles. The largest absolute Gasteiger partial charge is 0.399 e. The number of nitrogens with two attached hydrogens (primary N) is 1. The first-order valence-corrected chi connectivity index (χ1v) is 8.33. The van der Waals surface area contributed by atoms with E-state index < -0.39 is 5.41 Å². The Morgan fingerprint density at radius 3 is 2.52 bits per heavy atom. The lowest BCUT2D eigenvalue weighted by Crippen LogP contribution is -2.35. The molecule has 3 N–H and O–H groups in total. The number of carbonyl (C=O) groups excluding carboxylic acids is 1. The van der Waals surface area contributed by atoms with Crippen molar-refractivity contribution in [3.63, 3.8) is 0 Å². The highest BCUT2D eigenvalue weighted by Gasteiger charge is 2.50. The van der Waals surface area contributed by atoms with Crippen LogP contribution in [0.5, 0.6) is 0 Å². The summed E-state index contributed by atoms with van der Waals surface area (Å²) in [5.41, 5.74) is 9.49. The Morgan fingerprint density at radius 1 is 1.09 bits per heavy atom. The number of aromatic nitrogens is 1. The molecular formula is C19H25N3O. The first-order valence-electron chi connectivity index (χ1n) is 8.33. The maximum atomic E-state index is 12.4. The van der Waals surface area contributed by atoms with Gasteiger partial charge in [0.1, 0.15) is 5.82 Å². The molecule has 0 radical (unpaired) electrons. The molecule has 1 aromatic carbocycles. The summed E-state index contributed by atoms with van der Waals surface area (Å²) >= 11 is 0. The second kappa shape index (κ2) is 6.82. The fourth-order valence-electron chi connectivity index (χ4n) is 3.29. The minimum atomic E-state index is -0.486. The zero-order valence-electron chi connectivity index (χ0n) is 14.3. The monoisotopic (exact) mass is 311 g/mol. The van der Waals surface area contributed by atoms with Crippen molar-refractivity contribution < 1.29 is 4.79 Å². The molecule has 2 heterocycles. The third-order valence-electron chi connectivity index (χ3n) is 4.20. The topological polar surface area (TPSA) is 68.0 Å². The molecule has 1 aliphatic heterocycles. The number of nitrogens with one attached hydrogen (secondary N) is 1. The van der Waals surface area contributed by atoms with Crippen LogP contribution in [-0.4, -0.2) is 10.9 Å². The smallest absolute Gasteiger partial charge is 0.237 e. The van der Waals surface area contributed by atoms with Crippen LogP contribution in [0, 0.1) is 0 Å². The van der Waals surface area contributed by atoms with E-state index in [1.807, 2.05) is 58.0 Å². The third-order valence-corrected chi connectivity index (χ3v) is 4.20. The summed E-state index contributed by atoms with van der Waals surface area (Å²) in [6, 6.07) is 9.79. The van der Waals surface area contributed by atoms with Crippen LogP contribution in [0.2, 0.25) is 0 Å². The van der Waals surface area contributed by atoms with Crippen molar-refractivity contribution in [2.45, 2.75) is 46.0 Å². The number of rotatable bonds is 0. The summed E-state index contributed by atoms with van der Waals surface area (Å²) in [5.74, 6) is 0.754. The number of amides is 1. The number of nitrogens with zero attached hydrogens (tertiary/aromatic N) is 1. The van der Waals surface area contributed by atoms with Gasteiger partial charge >= 0.3 is 0 Å². The molecule has 2 aromatic rings. The highest BCUT2D eigenvalue weighted by molar-refractivity contribution is 6.06. The van der Waals surface area contributed by atoms with Gasteiger partial charge in [0, 0.05) is 17.4 Å². The van der Waals surface area contributed by atoms with Crippen molar-refractivity contribution in [1.82, 2.24) is 4.98 Å². The van der Waals surface area contributed by atoms with Gasteiger partial charge in [-0.3, -0.25) is 4.79 Å². The third kappa shape index (κ3) is 2.69. The van der Waals surface area contributed by atoms with E-state index in [2.05, 4.69) is 10.3 Å². The van der Waals surface area contributed by atoms with Crippen LogP contribution >= 0.6 is 0 Å². The molecule has 0 saturated carbocycles. The molecule has 4 rings (SSSR count). The van der Waals surface area contributed by atoms with Crippen LogP contribution in [0.25, 0.3) is 0 Å². The summed E-state index contributed by atoms with van der Waals surface area (Å²) < 4.78 is 0. The van der Waals surface area contributed by atoms with Crippen LogP contribution in [0.15, 0.2) is 36.5 Å². The van der Waals surface area contributed by atoms with Crippen molar-refractivity contribution in [2.75, 3.05) is 11.1 Å². The lowest BCUT2D eigenvalue weighted by Gasteiger charge is -2.20. The van der Waals surface area contributed by atoms with Crippen LogP contribution in [-0.2, 0) is 23.1 Å². The molecule has 0 bridgehead atoms. The van der Waals surface area contributed by atoms with Gasteiger partial charge in [-0.25, -0.2) is 4.98 Å². The van der Waals surface area contributed by atoms with Crippen LogP contribution in [0.3, 0.4) is 0 Å². The minimum absolute atomic E-state index is 0.0518. The zero-order chi connectivity index (χ0) is 17.0. The summed E-state index contributed by atoms with van der Waals surface area (Å²) in [5, 5.41) is 2.90. The first-order chi connectivity index (χ1) is 11.2. The number of hydrogen-bond donors (Lipinski definition) is 2. The molecule has 1 unspecified atom stereocenters. The highest BCUT2D eigenvalue weighted by Crippen LogP contribution is 2.46. The van der Waals surface area contributed by atoms with Crippen LogP contribution < -0.4 is 11.1 Å². The lowest BCUT2D eigenvalue weighted by atomic mass is 9.79. The van der Waals surface area contributed by atoms with E-state index in [4.69, 9.17) is 5.73 Å². The van der Waals surface area contributed by atoms with Gasteiger partial charge in [-0.15, -0.1) is 0 Å². The molecule has 23 heavy (non-hydrogen) atoms. The number of pyridine rings is 1. The van der Waals surface area contributed by atoms with Gasteiger partial charge < -0.3 is 11.1 Å². The minimum Gasteiger partial charge on any atom is -0.399 e. The van der Waals surface area contributed by atoms with Crippen molar-refractivity contribution in [3.05, 3.63) is 53.2 Å². The number of anilines is 2. The average molecular weight is 311 g/mol. The standard InChI is InChI=1S/C15H13N3O.2C2H6/c16-11-4-3-9-7-15(8-10(9)6-11)12-2-1-5-17-13(12)18-14(15)19;2*1-2/h1-6H,7-8,16H2,(H,17,18,19);2*1-2H3. The number of carbonyl (C=O) groups is 1. The Bertz CT molecular complexity index is 712. The number of benzene rings is 1. The Balaban J connectivity index is 0.000000448. The molecule has 122 valence electrons. The van der Waals surface area contributed by atoms with Gasteiger partial charge in [-0.05, 0) is 42.2 Å². The van der Waals surface area contributed by atoms with Gasteiger partial charge in [-0.1, -0.05) is 39.8 Å². The number of hydrogen-bond acceptors (Lipinski definition) is 3. The summed E-state index contributed by atoms with van der Waals surface area (Å²) in [6.07, 6.45) is 3.14. The fraction of sp³-hybridized carbons (Fsp3) is 0.368. The van der Waals surface area contributed by atoms with E-state index in [0.717, 1.165) is 17.7 Å². The Kier molecular flexibility index (Phi) is 5.04. The molecule has 1 atom stereocenters. The number of fused-ring (bicyclic) bond motifs is 3. The van der Waals surface area contributed by atoms with Crippen molar-refractivity contribution in [1.29, 1.82) is 0 Å². The summed E-state index contributed by atoms with van der Waals surface area (Å²) in [7, 11) is 0. The van der Waals surface area contributed by atoms with E-state index in [-0.39, 0.29) is 5.91 Å². The first kappa shape index (κ1) is 17.0. The van der Waals surface area contributed by atoms with E-state index in [1.54, 1.807) is 6.20 Å². The predicted octanol–water partition coefficient (Wildman–Crippen LogP) is 3.70. The van der Waals surface area contributed by atoms with Crippen LogP contribution in [0.1, 0.15) is 44.4 Å². The average Bonchev–Trinajstić information content (AvgIpc) is 3.10. The maximum Gasteiger partial charge on any atom is 0.237 e. The zero-order valence-corrected chi connectivity index (χ0v) is 14.3. The normalized spacial score (nSPS) is 19.7. The molecule has 0 fully saturated rings. The van der Waals surface area contributed by atoms with E-state index >= 15 is 0 Å².